The maximum atomic E-state index is 13.9. The predicted octanol–water partition coefficient (Wildman–Crippen LogP) is 5.04. The Bertz CT molecular complexity index is 418. The Morgan fingerprint density at radius 1 is 1.14 bits per heavy atom. The molecule has 7 heteroatoms. The molecular weight excluding hydrogens is 302 g/mol. The Hall–Kier alpha value is -0.953. The van der Waals surface area contributed by atoms with Gasteiger partial charge in [0.05, 0.1) is 5.69 Å². The van der Waals surface area contributed by atoms with E-state index >= 15 is 0 Å². The second-order valence-electron chi connectivity index (χ2n) is 4.97. The quantitative estimate of drug-likeness (QED) is 0.493. The largest absolute Gasteiger partial charge is 0.403 e. The fraction of sp³-hybridized carbons (Fsp3) is 0.643. The number of hydrogen-bond donors (Lipinski definition) is 0. The van der Waals surface area contributed by atoms with Gasteiger partial charge < -0.3 is 4.43 Å². The molecule has 21 heavy (non-hydrogen) atoms. The molecular formula is C14H21F4NOSi. The highest BCUT2D eigenvalue weighted by Crippen LogP contribution is 2.42. The average molecular weight is 323 g/mol. The molecule has 1 aromatic heterocycles. The molecule has 0 saturated carbocycles. The molecule has 0 fully saturated rings. The zero-order valence-electron chi connectivity index (χ0n) is 12.5. The van der Waals surface area contributed by atoms with Crippen molar-refractivity contribution in [2.24, 2.45) is 0 Å². The van der Waals surface area contributed by atoms with Crippen molar-refractivity contribution >= 4 is 8.32 Å². The standard InChI is InChI=1S/C14H21F4NOSi/c1-4-21(5-2,6-3)20-12(14(17,18)13(15)16)11-9-7-8-10-19-11/h7-10,12-13H,4-6H2,1-3H3. The normalized spacial score (nSPS) is 14.5. The third-order valence-electron chi connectivity index (χ3n) is 3.90. The van der Waals surface area contributed by atoms with E-state index in [1.165, 1.54) is 18.3 Å². The number of aromatic nitrogens is 1. The summed E-state index contributed by atoms with van der Waals surface area (Å²) in [4.78, 5) is 3.80. The number of nitrogens with zero attached hydrogens (tertiary/aromatic N) is 1. The van der Waals surface area contributed by atoms with Crippen LogP contribution < -0.4 is 0 Å². The predicted molar refractivity (Wildman–Crippen MR) is 76.2 cm³/mol. The lowest BCUT2D eigenvalue weighted by molar-refractivity contribution is -0.190. The Labute approximate surface area is 123 Å². The summed E-state index contributed by atoms with van der Waals surface area (Å²) in [5.74, 6) is -4.26. The molecule has 0 bridgehead atoms. The van der Waals surface area contributed by atoms with E-state index in [0.717, 1.165) is 0 Å². The molecule has 120 valence electrons. The zero-order valence-corrected chi connectivity index (χ0v) is 13.5. The van der Waals surface area contributed by atoms with Crippen molar-refractivity contribution in [1.82, 2.24) is 4.98 Å². The highest BCUT2D eigenvalue weighted by atomic mass is 28.4. The van der Waals surface area contributed by atoms with E-state index in [0.29, 0.717) is 18.1 Å². The van der Waals surface area contributed by atoms with Gasteiger partial charge in [0, 0.05) is 6.20 Å². The van der Waals surface area contributed by atoms with Crippen molar-refractivity contribution in [3.05, 3.63) is 30.1 Å². The maximum absolute atomic E-state index is 13.9. The van der Waals surface area contributed by atoms with Crippen molar-refractivity contribution in [2.75, 3.05) is 0 Å². The minimum absolute atomic E-state index is 0.143. The SMILES string of the molecule is CC[Si](CC)(CC)OC(c1ccccn1)C(F)(F)C(F)F. The first-order valence-electron chi connectivity index (χ1n) is 7.07. The van der Waals surface area contributed by atoms with Crippen molar-refractivity contribution < 1.29 is 22.0 Å². The fourth-order valence-electron chi connectivity index (χ4n) is 2.23. The molecule has 0 aromatic carbocycles. The zero-order chi connectivity index (χ0) is 16.1. The molecule has 0 aliphatic rings. The Morgan fingerprint density at radius 3 is 2.10 bits per heavy atom. The van der Waals surface area contributed by atoms with Gasteiger partial charge in [0.15, 0.2) is 14.4 Å². The molecule has 0 amide bonds. The van der Waals surface area contributed by atoms with Crippen LogP contribution in [0.5, 0.6) is 0 Å². The molecule has 0 N–H and O–H groups in total. The number of alkyl halides is 4. The minimum atomic E-state index is -4.26. The van der Waals surface area contributed by atoms with Crippen molar-refractivity contribution in [3.8, 4) is 0 Å². The van der Waals surface area contributed by atoms with E-state index in [4.69, 9.17) is 4.43 Å². The molecule has 1 atom stereocenters. The Balaban J connectivity index is 3.21. The summed E-state index contributed by atoms with van der Waals surface area (Å²) in [7, 11) is -2.47. The van der Waals surface area contributed by atoms with Gasteiger partial charge in [-0.3, -0.25) is 4.98 Å². The highest BCUT2D eigenvalue weighted by Gasteiger charge is 2.53. The minimum Gasteiger partial charge on any atom is -0.403 e. The van der Waals surface area contributed by atoms with Crippen LogP contribution in [0, 0.1) is 0 Å². The molecule has 1 heterocycles. The van der Waals surface area contributed by atoms with E-state index in [1.807, 2.05) is 20.8 Å². The highest BCUT2D eigenvalue weighted by molar-refractivity contribution is 6.73. The first kappa shape index (κ1) is 18.1. The lowest BCUT2D eigenvalue weighted by Crippen LogP contribution is -2.45. The number of halogens is 4. The van der Waals surface area contributed by atoms with Gasteiger partial charge in [-0.2, -0.15) is 8.78 Å². The molecule has 1 rings (SSSR count). The molecule has 1 aromatic rings. The third kappa shape index (κ3) is 4.03. The number of rotatable bonds is 8. The van der Waals surface area contributed by atoms with Crippen LogP contribution in [0.15, 0.2) is 24.4 Å². The van der Waals surface area contributed by atoms with Crippen molar-refractivity contribution in [2.45, 2.75) is 57.4 Å². The van der Waals surface area contributed by atoms with Gasteiger partial charge >= 0.3 is 12.3 Å². The number of pyridine rings is 1. The van der Waals surface area contributed by atoms with Gasteiger partial charge in [0.2, 0.25) is 0 Å². The topological polar surface area (TPSA) is 22.1 Å². The molecule has 2 nitrogen and oxygen atoms in total. The van der Waals surface area contributed by atoms with Gasteiger partial charge in [-0.05, 0) is 30.3 Å². The summed E-state index contributed by atoms with van der Waals surface area (Å²) in [6.07, 6.45) is -4.48. The average Bonchev–Trinajstić information content (AvgIpc) is 2.50. The first-order chi connectivity index (χ1) is 9.83. The Kier molecular flexibility index (Phi) is 6.34. The molecule has 0 spiro atoms. The van der Waals surface area contributed by atoms with Gasteiger partial charge in [-0.25, -0.2) is 8.78 Å². The summed E-state index contributed by atoms with van der Waals surface area (Å²) >= 11 is 0. The second kappa shape index (κ2) is 7.35. The summed E-state index contributed by atoms with van der Waals surface area (Å²) in [5, 5.41) is 0. The maximum Gasteiger partial charge on any atom is 0.337 e. The molecule has 0 saturated heterocycles. The second-order valence-corrected chi connectivity index (χ2v) is 9.69. The summed E-state index contributed by atoms with van der Waals surface area (Å²) in [6.45, 7) is 5.57. The number of hydrogen-bond acceptors (Lipinski definition) is 2. The fourth-order valence-corrected chi connectivity index (χ4v) is 5.01. The van der Waals surface area contributed by atoms with E-state index in [9.17, 15) is 17.6 Å². The van der Waals surface area contributed by atoms with E-state index in [1.54, 1.807) is 6.07 Å². The van der Waals surface area contributed by atoms with Crippen LogP contribution in [0.25, 0.3) is 0 Å². The summed E-state index contributed by atoms with van der Waals surface area (Å²) in [6, 6.07) is 6.15. The van der Waals surface area contributed by atoms with Crippen LogP contribution >= 0.6 is 0 Å². The van der Waals surface area contributed by atoms with Crippen LogP contribution in [-0.2, 0) is 4.43 Å². The van der Waals surface area contributed by atoms with Gasteiger partial charge in [0.1, 0.15) is 0 Å². The van der Waals surface area contributed by atoms with E-state index in [-0.39, 0.29) is 5.69 Å². The Morgan fingerprint density at radius 2 is 1.71 bits per heavy atom. The van der Waals surface area contributed by atoms with Crippen LogP contribution in [-0.4, -0.2) is 25.6 Å². The van der Waals surface area contributed by atoms with E-state index in [2.05, 4.69) is 4.98 Å². The summed E-state index contributed by atoms with van der Waals surface area (Å²) in [5.41, 5.74) is -0.143. The molecule has 0 aliphatic carbocycles. The van der Waals surface area contributed by atoms with Crippen LogP contribution in [0.4, 0.5) is 17.6 Å². The molecule has 0 aliphatic heterocycles. The molecule has 0 radical (unpaired) electrons. The third-order valence-corrected chi connectivity index (χ3v) is 8.50. The van der Waals surface area contributed by atoms with E-state index < -0.39 is 26.8 Å². The first-order valence-corrected chi connectivity index (χ1v) is 9.60. The van der Waals surface area contributed by atoms with Crippen LogP contribution in [0.2, 0.25) is 18.1 Å². The smallest absolute Gasteiger partial charge is 0.337 e. The van der Waals surface area contributed by atoms with Crippen LogP contribution in [0.1, 0.15) is 32.6 Å². The van der Waals surface area contributed by atoms with Gasteiger partial charge in [-0.1, -0.05) is 26.8 Å². The van der Waals surface area contributed by atoms with Crippen molar-refractivity contribution in [3.63, 3.8) is 0 Å². The summed E-state index contributed by atoms with van der Waals surface area (Å²) < 4.78 is 59.1. The van der Waals surface area contributed by atoms with Crippen LogP contribution in [0.3, 0.4) is 0 Å². The van der Waals surface area contributed by atoms with Gasteiger partial charge in [-0.15, -0.1) is 0 Å². The molecule has 1 unspecified atom stereocenters. The lowest BCUT2D eigenvalue weighted by Gasteiger charge is -2.36. The van der Waals surface area contributed by atoms with Crippen molar-refractivity contribution in [1.29, 1.82) is 0 Å². The van der Waals surface area contributed by atoms with Gasteiger partial charge in [0.25, 0.3) is 0 Å². The lowest BCUT2D eigenvalue weighted by atomic mass is 10.1. The monoisotopic (exact) mass is 323 g/mol.